The monoisotopic (exact) mass is 608 g/mol. The minimum Gasteiger partial charge on any atom is -0.335 e. The molecule has 2 atom stereocenters. The molecule has 1 fully saturated rings. The second-order valence-corrected chi connectivity index (χ2v) is 16.0. The summed E-state index contributed by atoms with van der Waals surface area (Å²) in [4.78, 5) is 2.84. The van der Waals surface area contributed by atoms with E-state index < -0.39 is 0 Å². The van der Waals surface area contributed by atoms with Crippen LogP contribution < -0.4 is 21.3 Å². The number of benzene rings is 5. The van der Waals surface area contributed by atoms with E-state index in [0.29, 0.717) is 0 Å². The number of aromatic nitrogens is 1. The van der Waals surface area contributed by atoms with E-state index in [1.807, 2.05) is 0 Å². The standard InChI is InChI=1S/C44H41BN2/c1-42(2,3)30-26-32-41-34(27-30)45-33-21-14-20-31-37(28-16-8-6-9-17-28)39(29-18-10-7-11-19-29)46(40(31)33)35-22-15-23-36(38(35)45)47(41)44(5)25-13-12-24-43(32,44)4/h6-11,14-23,26-27H,12-13,24-25H2,1-5H3. The van der Waals surface area contributed by atoms with Gasteiger partial charge >= 0.3 is 0 Å². The number of rotatable bonds is 2. The smallest absolute Gasteiger partial charge is 0.252 e. The zero-order valence-corrected chi connectivity index (χ0v) is 28.2. The maximum atomic E-state index is 2.84. The molecule has 4 aliphatic rings. The van der Waals surface area contributed by atoms with Crippen LogP contribution in [0, 0.1) is 0 Å². The molecule has 0 N–H and O–H groups in total. The van der Waals surface area contributed by atoms with Gasteiger partial charge in [-0.3, -0.25) is 0 Å². The SMILES string of the molecule is CC(C)(C)c1cc2c3c(c1)C1(C)CCCCC1(C)N3c1cccc3c1B2c1cccc2c(-c4ccccc4)c(-c4ccccc4)n-3c12. The lowest BCUT2D eigenvalue weighted by molar-refractivity contribution is 0.195. The lowest BCUT2D eigenvalue weighted by Gasteiger charge is -2.52. The number of para-hydroxylation sites is 1. The number of anilines is 2. The Morgan fingerprint density at radius 1 is 0.681 bits per heavy atom. The van der Waals surface area contributed by atoms with Gasteiger partial charge in [0.25, 0.3) is 6.71 Å². The molecule has 0 saturated heterocycles. The second-order valence-electron chi connectivity index (χ2n) is 16.0. The second kappa shape index (κ2) is 9.10. The summed E-state index contributed by atoms with van der Waals surface area (Å²) in [6.07, 6.45) is 5.05. The average Bonchev–Trinajstić information content (AvgIpc) is 3.54. The van der Waals surface area contributed by atoms with Gasteiger partial charge in [-0.1, -0.05) is 138 Å². The summed E-state index contributed by atoms with van der Waals surface area (Å²) in [6, 6.07) is 41.6. The molecule has 6 aromatic rings. The Hall–Kier alpha value is -4.50. The zero-order chi connectivity index (χ0) is 31.9. The van der Waals surface area contributed by atoms with Crippen molar-refractivity contribution in [2.75, 3.05) is 4.90 Å². The van der Waals surface area contributed by atoms with Crippen LogP contribution in [0.3, 0.4) is 0 Å². The zero-order valence-electron chi connectivity index (χ0n) is 28.2. The van der Waals surface area contributed by atoms with Crippen molar-refractivity contribution in [3.63, 3.8) is 0 Å². The first-order valence-corrected chi connectivity index (χ1v) is 17.6. The quantitative estimate of drug-likeness (QED) is 0.178. The highest BCUT2D eigenvalue weighted by Gasteiger charge is 2.61. The molecule has 230 valence electrons. The largest absolute Gasteiger partial charge is 0.335 e. The highest BCUT2D eigenvalue weighted by atomic mass is 15.3. The number of fused-ring (bicyclic) bond motifs is 7. The molecule has 1 saturated carbocycles. The Balaban J connectivity index is 1.39. The predicted molar refractivity (Wildman–Crippen MR) is 200 cm³/mol. The maximum Gasteiger partial charge on any atom is 0.252 e. The van der Waals surface area contributed by atoms with Gasteiger partial charge in [-0.25, -0.2) is 0 Å². The minimum absolute atomic E-state index is 0.0272. The molecule has 0 bridgehead atoms. The number of hydrogen-bond acceptors (Lipinski definition) is 1. The molecule has 47 heavy (non-hydrogen) atoms. The molecule has 5 aromatic carbocycles. The summed E-state index contributed by atoms with van der Waals surface area (Å²) >= 11 is 0. The van der Waals surface area contributed by atoms with Crippen molar-refractivity contribution in [1.29, 1.82) is 0 Å². The molecular formula is C44H41BN2. The molecule has 3 heteroatoms. The molecule has 2 nitrogen and oxygen atoms in total. The van der Waals surface area contributed by atoms with Crippen molar-refractivity contribution in [2.45, 2.75) is 76.7 Å². The summed E-state index contributed by atoms with van der Waals surface area (Å²) in [7, 11) is 0. The van der Waals surface area contributed by atoms with Crippen LogP contribution in [0.15, 0.2) is 109 Å². The molecular weight excluding hydrogens is 567 g/mol. The Morgan fingerprint density at radius 2 is 1.36 bits per heavy atom. The number of nitrogens with zero attached hydrogens (tertiary/aromatic N) is 2. The van der Waals surface area contributed by atoms with E-state index in [0.717, 1.165) is 0 Å². The fraction of sp³-hybridized carbons (Fsp3) is 0.273. The van der Waals surface area contributed by atoms with Crippen molar-refractivity contribution >= 4 is 45.4 Å². The fourth-order valence-corrected chi connectivity index (χ4v) is 10.2. The summed E-state index contributed by atoms with van der Waals surface area (Å²) in [5, 5.41) is 1.34. The van der Waals surface area contributed by atoms with Crippen LogP contribution in [0.5, 0.6) is 0 Å². The van der Waals surface area contributed by atoms with Crippen LogP contribution in [0.2, 0.25) is 0 Å². The van der Waals surface area contributed by atoms with E-state index in [1.165, 1.54) is 98.0 Å². The van der Waals surface area contributed by atoms with E-state index in [9.17, 15) is 0 Å². The summed E-state index contributed by atoms with van der Waals surface area (Å²) in [6.45, 7) is 12.5. The van der Waals surface area contributed by atoms with Crippen LogP contribution in [-0.2, 0) is 10.8 Å². The number of hydrogen-bond donors (Lipinski definition) is 0. The van der Waals surface area contributed by atoms with Crippen LogP contribution in [-0.4, -0.2) is 16.8 Å². The van der Waals surface area contributed by atoms with Gasteiger partial charge in [0.2, 0.25) is 0 Å². The first kappa shape index (κ1) is 27.6. The molecule has 0 spiro atoms. The molecule has 1 aliphatic carbocycles. The average molecular weight is 609 g/mol. The van der Waals surface area contributed by atoms with E-state index in [-0.39, 0.29) is 23.1 Å². The molecule has 2 unspecified atom stereocenters. The third kappa shape index (κ3) is 3.33. The van der Waals surface area contributed by atoms with E-state index in [4.69, 9.17) is 0 Å². The van der Waals surface area contributed by atoms with Gasteiger partial charge in [-0.05, 0) is 76.0 Å². The summed E-state index contributed by atoms with van der Waals surface area (Å²) in [5.41, 5.74) is 18.4. The van der Waals surface area contributed by atoms with Gasteiger partial charge in [0, 0.05) is 38.9 Å². The van der Waals surface area contributed by atoms with Crippen molar-refractivity contribution in [3.05, 3.63) is 120 Å². The van der Waals surface area contributed by atoms with Gasteiger partial charge < -0.3 is 9.47 Å². The minimum atomic E-state index is 0.0272. The molecule has 1 aromatic heterocycles. The molecule has 10 rings (SSSR count). The van der Waals surface area contributed by atoms with Gasteiger partial charge in [0.1, 0.15) is 0 Å². The Bertz CT molecular complexity index is 2270. The summed E-state index contributed by atoms with van der Waals surface area (Å²) < 4.78 is 2.63. The van der Waals surface area contributed by atoms with Crippen molar-refractivity contribution < 1.29 is 0 Å². The van der Waals surface area contributed by atoms with E-state index >= 15 is 0 Å². The van der Waals surface area contributed by atoms with Gasteiger partial charge in [-0.2, -0.15) is 0 Å². The lowest BCUT2D eigenvalue weighted by Crippen LogP contribution is -2.64. The predicted octanol–water partition coefficient (Wildman–Crippen LogP) is 9.15. The Kier molecular flexibility index (Phi) is 5.34. The maximum absolute atomic E-state index is 2.84. The van der Waals surface area contributed by atoms with Crippen molar-refractivity contribution in [2.24, 2.45) is 0 Å². The van der Waals surface area contributed by atoms with Crippen molar-refractivity contribution in [1.82, 2.24) is 4.57 Å². The topological polar surface area (TPSA) is 8.17 Å². The van der Waals surface area contributed by atoms with Gasteiger partial charge in [-0.15, -0.1) is 0 Å². The van der Waals surface area contributed by atoms with E-state index in [2.05, 4.69) is 153 Å². The molecule has 4 heterocycles. The highest BCUT2D eigenvalue weighted by Crippen LogP contribution is 2.62. The van der Waals surface area contributed by atoms with Gasteiger partial charge in [0.05, 0.1) is 11.2 Å². The first-order valence-electron chi connectivity index (χ1n) is 17.6. The lowest BCUT2D eigenvalue weighted by atomic mass is 9.33. The first-order chi connectivity index (χ1) is 22.7. The molecule has 0 amide bonds. The normalized spacial score (nSPS) is 21.9. The Labute approximate surface area is 279 Å². The fourth-order valence-electron chi connectivity index (χ4n) is 10.2. The summed E-state index contributed by atoms with van der Waals surface area (Å²) in [5.74, 6) is 0. The highest BCUT2D eigenvalue weighted by molar-refractivity contribution is 7.00. The van der Waals surface area contributed by atoms with Crippen LogP contribution >= 0.6 is 0 Å². The third-order valence-corrected chi connectivity index (χ3v) is 12.7. The van der Waals surface area contributed by atoms with Crippen LogP contribution in [0.25, 0.3) is 39.0 Å². The van der Waals surface area contributed by atoms with Crippen molar-refractivity contribution in [3.8, 4) is 28.1 Å². The molecule has 3 aliphatic heterocycles. The van der Waals surface area contributed by atoms with Gasteiger partial charge in [0.15, 0.2) is 0 Å². The van der Waals surface area contributed by atoms with Crippen LogP contribution in [0.1, 0.15) is 71.4 Å². The van der Waals surface area contributed by atoms with E-state index in [1.54, 1.807) is 5.56 Å². The van der Waals surface area contributed by atoms with Crippen LogP contribution in [0.4, 0.5) is 11.4 Å². The Morgan fingerprint density at radius 3 is 2.11 bits per heavy atom. The molecule has 0 radical (unpaired) electrons. The third-order valence-electron chi connectivity index (χ3n) is 12.7.